The summed E-state index contributed by atoms with van der Waals surface area (Å²) in [5.74, 6) is 1.15. The highest BCUT2D eigenvalue weighted by molar-refractivity contribution is 5.79. The molecule has 2 unspecified atom stereocenters. The zero-order valence-electron chi connectivity index (χ0n) is 10.9. The van der Waals surface area contributed by atoms with Gasteiger partial charge in [0, 0.05) is 31.5 Å². The van der Waals surface area contributed by atoms with Crippen molar-refractivity contribution in [1.29, 1.82) is 0 Å². The molecule has 2 rings (SSSR count). The van der Waals surface area contributed by atoms with Gasteiger partial charge in [-0.3, -0.25) is 4.79 Å². The Balaban J connectivity index is 1.99. The number of aliphatic hydroxyl groups is 1. The average molecular weight is 239 g/mol. The normalized spacial score (nSPS) is 28.7. The second-order valence-electron chi connectivity index (χ2n) is 5.67. The summed E-state index contributed by atoms with van der Waals surface area (Å²) in [6.45, 7) is 3.13. The van der Waals surface area contributed by atoms with Crippen molar-refractivity contribution in [3.8, 4) is 0 Å². The van der Waals surface area contributed by atoms with Crippen LogP contribution in [0.4, 0.5) is 0 Å². The monoisotopic (exact) mass is 239 g/mol. The van der Waals surface area contributed by atoms with Gasteiger partial charge in [-0.05, 0) is 25.2 Å². The molecule has 1 N–H and O–H groups in total. The Morgan fingerprint density at radius 1 is 1.35 bits per heavy atom. The van der Waals surface area contributed by atoms with Gasteiger partial charge in [0.2, 0.25) is 5.91 Å². The maximum Gasteiger partial charge on any atom is 0.223 e. The van der Waals surface area contributed by atoms with Gasteiger partial charge >= 0.3 is 0 Å². The highest BCUT2D eigenvalue weighted by Gasteiger charge is 2.36. The maximum absolute atomic E-state index is 12.0. The van der Waals surface area contributed by atoms with Crippen molar-refractivity contribution in [3.63, 3.8) is 0 Å². The van der Waals surface area contributed by atoms with Gasteiger partial charge in [0.15, 0.2) is 0 Å². The maximum atomic E-state index is 12.0. The summed E-state index contributed by atoms with van der Waals surface area (Å²) >= 11 is 0. The van der Waals surface area contributed by atoms with E-state index in [9.17, 15) is 9.90 Å². The molecule has 0 aromatic heterocycles. The molecule has 1 aliphatic heterocycles. The Kier molecular flexibility index (Phi) is 4.43. The first-order valence-electron chi connectivity index (χ1n) is 7.16. The van der Waals surface area contributed by atoms with E-state index in [2.05, 4.69) is 11.8 Å². The van der Waals surface area contributed by atoms with Crippen molar-refractivity contribution in [2.24, 2.45) is 11.8 Å². The van der Waals surface area contributed by atoms with E-state index in [4.69, 9.17) is 0 Å². The third kappa shape index (κ3) is 2.82. The Hall–Kier alpha value is -0.570. The predicted octanol–water partition coefficient (Wildman–Crippen LogP) is 2.19. The smallest absolute Gasteiger partial charge is 0.223 e. The molecule has 1 amide bonds. The number of amides is 1. The molecule has 0 spiro atoms. The van der Waals surface area contributed by atoms with Crippen LogP contribution in [0.1, 0.15) is 51.9 Å². The Morgan fingerprint density at radius 3 is 2.59 bits per heavy atom. The summed E-state index contributed by atoms with van der Waals surface area (Å²) in [5.41, 5.74) is 0. The SMILES string of the molecule is CCC(C1CCCCC1)N1CC(CO)CC1=O. The Bertz CT molecular complexity index is 261. The number of carbonyl (C=O) groups is 1. The second-order valence-corrected chi connectivity index (χ2v) is 5.67. The minimum Gasteiger partial charge on any atom is -0.396 e. The fourth-order valence-electron chi connectivity index (χ4n) is 3.58. The number of hydrogen-bond donors (Lipinski definition) is 1. The minimum absolute atomic E-state index is 0.156. The van der Waals surface area contributed by atoms with Gasteiger partial charge in [-0.2, -0.15) is 0 Å². The van der Waals surface area contributed by atoms with Gasteiger partial charge < -0.3 is 10.0 Å². The lowest BCUT2D eigenvalue weighted by Gasteiger charge is -2.36. The average Bonchev–Trinajstić information content (AvgIpc) is 2.73. The lowest BCUT2D eigenvalue weighted by molar-refractivity contribution is -0.131. The standard InChI is InChI=1S/C14H25NO2/c1-2-13(12-6-4-3-5-7-12)15-9-11(10-16)8-14(15)17/h11-13,16H,2-10H2,1H3. The van der Waals surface area contributed by atoms with Crippen molar-refractivity contribution < 1.29 is 9.90 Å². The van der Waals surface area contributed by atoms with Gasteiger partial charge in [0.05, 0.1) is 0 Å². The topological polar surface area (TPSA) is 40.5 Å². The molecule has 0 aromatic rings. The van der Waals surface area contributed by atoms with Crippen molar-refractivity contribution in [2.75, 3.05) is 13.2 Å². The summed E-state index contributed by atoms with van der Waals surface area (Å²) in [7, 11) is 0. The Labute approximate surface area is 104 Å². The van der Waals surface area contributed by atoms with Crippen LogP contribution in [-0.2, 0) is 4.79 Å². The van der Waals surface area contributed by atoms with Gasteiger partial charge in [-0.15, -0.1) is 0 Å². The molecule has 1 heterocycles. The van der Waals surface area contributed by atoms with Crippen molar-refractivity contribution in [3.05, 3.63) is 0 Å². The quantitative estimate of drug-likeness (QED) is 0.817. The number of hydrogen-bond acceptors (Lipinski definition) is 2. The molecule has 1 saturated carbocycles. The largest absolute Gasteiger partial charge is 0.396 e. The number of likely N-dealkylation sites (tertiary alicyclic amines) is 1. The minimum atomic E-state index is 0.156. The molecule has 2 fully saturated rings. The van der Waals surface area contributed by atoms with E-state index < -0.39 is 0 Å². The number of rotatable bonds is 4. The number of carbonyl (C=O) groups excluding carboxylic acids is 1. The zero-order valence-corrected chi connectivity index (χ0v) is 10.9. The molecule has 0 radical (unpaired) electrons. The summed E-state index contributed by atoms with van der Waals surface area (Å²) in [5, 5.41) is 9.19. The molecule has 1 aliphatic carbocycles. The molecule has 17 heavy (non-hydrogen) atoms. The first-order valence-corrected chi connectivity index (χ1v) is 7.16. The molecule has 3 nitrogen and oxygen atoms in total. The van der Waals surface area contributed by atoms with Gasteiger partial charge in [-0.25, -0.2) is 0 Å². The second kappa shape index (κ2) is 5.85. The first-order chi connectivity index (χ1) is 8.26. The van der Waals surface area contributed by atoms with Gasteiger partial charge in [-0.1, -0.05) is 26.2 Å². The van der Waals surface area contributed by atoms with E-state index in [1.54, 1.807) is 0 Å². The van der Waals surface area contributed by atoms with E-state index in [0.717, 1.165) is 13.0 Å². The summed E-state index contributed by atoms with van der Waals surface area (Å²) in [6.07, 6.45) is 8.20. The van der Waals surface area contributed by atoms with E-state index in [1.165, 1.54) is 32.1 Å². The molecule has 1 saturated heterocycles. The van der Waals surface area contributed by atoms with Crippen LogP contribution in [0.3, 0.4) is 0 Å². The zero-order chi connectivity index (χ0) is 12.3. The molecule has 0 aromatic carbocycles. The lowest BCUT2D eigenvalue weighted by atomic mass is 9.82. The number of aliphatic hydroxyl groups excluding tert-OH is 1. The molecular weight excluding hydrogens is 214 g/mol. The fourth-order valence-corrected chi connectivity index (χ4v) is 3.58. The van der Waals surface area contributed by atoms with Crippen LogP contribution >= 0.6 is 0 Å². The third-order valence-electron chi connectivity index (χ3n) is 4.51. The van der Waals surface area contributed by atoms with E-state index in [0.29, 0.717) is 18.4 Å². The third-order valence-corrected chi connectivity index (χ3v) is 4.51. The highest BCUT2D eigenvalue weighted by Crippen LogP contribution is 2.33. The van der Waals surface area contributed by atoms with E-state index >= 15 is 0 Å². The van der Waals surface area contributed by atoms with Crippen LogP contribution in [0, 0.1) is 11.8 Å². The first kappa shape index (κ1) is 12.9. The van der Waals surface area contributed by atoms with Crippen LogP contribution in [0.15, 0.2) is 0 Å². The molecule has 0 bridgehead atoms. The number of nitrogens with zero attached hydrogens (tertiary/aromatic N) is 1. The van der Waals surface area contributed by atoms with Crippen LogP contribution in [0.5, 0.6) is 0 Å². The molecule has 3 heteroatoms. The molecule has 2 aliphatic rings. The van der Waals surface area contributed by atoms with E-state index in [-0.39, 0.29) is 18.4 Å². The Morgan fingerprint density at radius 2 is 2.06 bits per heavy atom. The van der Waals surface area contributed by atoms with Gasteiger partial charge in [0.25, 0.3) is 0 Å². The molecule has 98 valence electrons. The van der Waals surface area contributed by atoms with Gasteiger partial charge in [0.1, 0.15) is 0 Å². The fraction of sp³-hybridized carbons (Fsp3) is 0.929. The van der Waals surface area contributed by atoms with Crippen LogP contribution < -0.4 is 0 Å². The van der Waals surface area contributed by atoms with Crippen molar-refractivity contribution in [1.82, 2.24) is 4.90 Å². The van der Waals surface area contributed by atoms with Crippen molar-refractivity contribution >= 4 is 5.91 Å². The van der Waals surface area contributed by atoms with Crippen LogP contribution in [0.2, 0.25) is 0 Å². The van der Waals surface area contributed by atoms with Crippen molar-refractivity contribution in [2.45, 2.75) is 57.9 Å². The predicted molar refractivity (Wildman–Crippen MR) is 67.6 cm³/mol. The highest BCUT2D eigenvalue weighted by atomic mass is 16.3. The van der Waals surface area contributed by atoms with Crippen LogP contribution in [0.25, 0.3) is 0 Å². The molecular formula is C14H25NO2. The summed E-state index contributed by atoms with van der Waals surface area (Å²) < 4.78 is 0. The molecule has 2 atom stereocenters. The van der Waals surface area contributed by atoms with E-state index in [1.807, 2.05) is 0 Å². The van der Waals surface area contributed by atoms with Crippen LogP contribution in [-0.4, -0.2) is 35.1 Å². The lowest BCUT2D eigenvalue weighted by Crippen LogP contribution is -2.42. The summed E-state index contributed by atoms with van der Waals surface area (Å²) in [6, 6.07) is 0.430. The summed E-state index contributed by atoms with van der Waals surface area (Å²) in [4.78, 5) is 14.1.